The number of alkyl halides is 6. The van der Waals surface area contributed by atoms with Gasteiger partial charge in [0.15, 0.2) is 17.5 Å². The third-order valence-electron chi connectivity index (χ3n) is 6.09. The maximum absolute atomic E-state index is 15.0. The van der Waals surface area contributed by atoms with E-state index in [9.17, 15) is 40.3 Å². The molecule has 3 heterocycles. The van der Waals surface area contributed by atoms with Gasteiger partial charge in [-0.1, -0.05) is 0 Å². The molecule has 8 nitrogen and oxygen atoms in total. The molecule has 0 saturated carbocycles. The third kappa shape index (κ3) is 6.20. The minimum atomic E-state index is -5.01. The van der Waals surface area contributed by atoms with Gasteiger partial charge in [0.05, 0.1) is 34.9 Å². The van der Waals surface area contributed by atoms with Crippen molar-refractivity contribution in [1.82, 2.24) is 24.7 Å². The zero-order valence-corrected chi connectivity index (χ0v) is 21.2. The summed E-state index contributed by atoms with van der Waals surface area (Å²) >= 11 is 0. The monoisotopic (exact) mass is 588 g/mol. The summed E-state index contributed by atoms with van der Waals surface area (Å²) in [5, 5.41) is 6.55. The van der Waals surface area contributed by atoms with Crippen LogP contribution in [0.1, 0.15) is 31.4 Å². The zero-order chi connectivity index (χ0) is 30.3. The molecule has 0 radical (unpaired) electrons. The first-order valence-corrected chi connectivity index (χ1v) is 11.8. The van der Waals surface area contributed by atoms with E-state index in [1.807, 2.05) is 0 Å². The highest BCUT2D eigenvalue weighted by Gasteiger charge is 2.37. The van der Waals surface area contributed by atoms with E-state index in [2.05, 4.69) is 20.4 Å². The number of rotatable bonds is 8. The normalized spacial score (nSPS) is 13.8. The van der Waals surface area contributed by atoms with Crippen molar-refractivity contribution >= 4 is 16.5 Å². The Hall–Kier alpha value is -4.37. The summed E-state index contributed by atoms with van der Waals surface area (Å²) in [7, 11) is 0. The summed E-state index contributed by atoms with van der Waals surface area (Å²) in [6.45, 7) is 1.29. The molecule has 0 saturated heterocycles. The summed E-state index contributed by atoms with van der Waals surface area (Å²) in [4.78, 5) is 31.8. The lowest BCUT2D eigenvalue weighted by Gasteiger charge is -2.20. The van der Waals surface area contributed by atoms with E-state index in [0.717, 1.165) is 35.4 Å². The molecule has 1 aromatic carbocycles. The topological polar surface area (TPSA) is 106 Å². The first-order valence-electron chi connectivity index (χ1n) is 11.8. The smallest absolute Gasteiger partial charge is 0.381 e. The second kappa shape index (κ2) is 10.9. The number of anilines is 1. The number of nitrogens with one attached hydrogen (secondary N) is 2. The van der Waals surface area contributed by atoms with Crippen LogP contribution in [0.5, 0.6) is 0 Å². The van der Waals surface area contributed by atoms with Crippen LogP contribution in [0.2, 0.25) is 0 Å². The Bertz CT molecular complexity index is 1700. The Morgan fingerprint density at radius 3 is 2.32 bits per heavy atom. The van der Waals surface area contributed by atoms with Crippen LogP contribution in [0.3, 0.4) is 0 Å². The molecule has 4 aromatic rings. The summed E-state index contributed by atoms with van der Waals surface area (Å²) < 4.78 is 112. The number of hydrogen-bond donors (Lipinski definition) is 2. The van der Waals surface area contributed by atoms with Crippen molar-refractivity contribution in [3.63, 3.8) is 0 Å². The quantitative estimate of drug-likeness (QED) is 0.275. The average Bonchev–Trinajstić information content (AvgIpc) is 2.86. The van der Waals surface area contributed by atoms with Gasteiger partial charge in [-0.15, -0.1) is 0 Å². The second-order valence-corrected chi connectivity index (χ2v) is 9.34. The molecule has 2 N–H and O–H groups in total. The molecule has 2 unspecified atom stereocenters. The van der Waals surface area contributed by atoms with Gasteiger partial charge in [-0.3, -0.25) is 9.59 Å². The number of hydrogen-bond acceptors (Lipinski definition) is 6. The van der Waals surface area contributed by atoms with Gasteiger partial charge in [0.2, 0.25) is 0 Å². The Kier molecular flexibility index (Phi) is 7.87. The van der Waals surface area contributed by atoms with Crippen LogP contribution in [-0.2, 0) is 18.6 Å². The Labute approximate surface area is 225 Å². The fraction of sp³-hybridized carbons (Fsp3) is 0.320. The highest BCUT2D eigenvalue weighted by atomic mass is 19.4. The summed E-state index contributed by atoms with van der Waals surface area (Å²) in [5.41, 5.74) is -5.83. The highest BCUT2D eigenvalue weighted by Crippen LogP contribution is 2.32. The van der Waals surface area contributed by atoms with Crippen molar-refractivity contribution in [3.05, 3.63) is 80.4 Å². The number of aromatic nitrogens is 5. The third-order valence-corrected chi connectivity index (χ3v) is 6.09. The molecule has 0 aliphatic rings. The Morgan fingerprint density at radius 1 is 1.05 bits per heavy atom. The van der Waals surface area contributed by atoms with Crippen LogP contribution < -0.4 is 16.4 Å². The molecule has 0 aliphatic heterocycles. The fourth-order valence-corrected chi connectivity index (χ4v) is 4.16. The second-order valence-electron chi connectivity index (χ2n) is 9.34. The molecular formula is C25H20F8N6O2. The minimum absolute atomic E-state index is 0.0967. The van der Waals surface area contributed by atoms with Gasteiger partial charge in [0, 0.05) is 38.0 Å². The molecule has 2 atom stereocenters. The first-order chi connectivity index (χ1) is 19.1. The number of benzene rings is 1. The van der Waals surface area contributed by atoms with Gasteiger partial charge in [0.1, 0.15) is 11.7 Å². The lowest BCUT2D eigenvalue weighted by atomic mass is 10.1. The van der Waals surface area contributed by atoms with Gasteiger partial charge in [-0.2, -0.15) is 18.3 Å². The molecule has 218 valence electrons. The van der Waals surface area contributed by atoms with Crippen LogP contribution in [0.4, 0.5) is 40.8 Å². The minimum Gasteiger partial charge on any atom is -0.381 e. The van der Waals surface area contributed by atoms with Crippen LogP contribution in [0.25, 0.3) is 22.2 Å². The van der Waals surface area contributed by atoms with E-state index < -0.39 is 93.6 Å². The summed E-state index contributed by atoms with van der Waals surface area (Å²) in [6, 6.07) is 1.27. The molecule has 16 heteroatoms. The van der Waals surface area contributed by atoms with Crippen molar-refractivity contribution in [1.29, 1.82) is 0 Å². The summed E-state index contributed by atoms with van der Waals surface area (Å²) in [6.07, 6.45) is -3.93. The molecule has 4 rings (SSSR count). The Balaban J connectivity index is 1.56. The fourth-order valence-electron chi connectivity index (χ4n) is 4.16. The van der Waals surface area contributed by atoms with E-state index in [1.54, 1.807) is 5.10 Å². The number of aromatic amines is 1. The van der Waals surface area contributed by atoms with Gasteiger partial charge >= 0.3 is 6.18 Å². The van der Waals surface area contributed by atoms with E-state index in [1.165, 1.54) is 13.0 Å². The molecular weight excluding hydrogens is 568 g/mol. The van der Waals surface area contributed by atoms with Crippen molar-refractivity contribution in [2.45, 2.75) is 51.1 Å². The summed E-state index contributed by atoms with van der Waals surface area (Å²) in [5.74, 6) is -6.78. The molecule has 0 aliphatic carbocycles. The van der Waals surface area contributed by atoms with Crippen molar-refractivity contribution in [2.24, 2.45) is 0 Å². The van der Waals surface area contributed by atoms with E-state index in [0.29, 0.717) is 6.92 Å². The van der Waals surface area contributed by atoms with Crippen molar-refractivity contribution in [3.8, 4) is 11.4 Å². The van der Waals surface area contributed by atoms with Gasteiger partial charge in [-0.05, 0) is 24.4 Å². The number of halogens is 8. The zero-order valence-electron chi connectivity index (χ0n) is 21.2. The predicted octanol–water partition coefficient (Wildman–Crippen LogP) is 5.18. The number of pyridine rings is 1. The van der Waals surface area contributed by atoms with Gasteiger partial charge < -0.3 is 9.88 Å². The molecule has 0 fully saturated rings. The lowest BCUT2D eigenvalue weighted by Crippen LogP contribution is -2.30. The number of fused-ring (bicyclic) bond motifs is 1. The van der Waals surface area contributed by atoms with E-state index in [-0.39, 0.29) is 5.39 Å². The van der Waals surface area contributed by atoms with E-state index in [4.69, 9.17) is 0 Å². The van der Waals surface area contributed by atoms with Crippen LogP contribution in [0, 0.1) is 11.6 Å². The SMILES string of the molecule is CC(CC(F)Cn1ccc2cc(-c3ncc(C(C)(F)F)cn3)c(F)c(F)c2c1=O)Nc1cn[nH]c(=O)c1C(F)(F)F. The molecule has 0 spiro atoms. The van der Waals surface area contributed by atoms with Crippen LogP contribution >= 0.6 is 0 Å². The van der Waals surface area contributed by atoms with Crippen LogP contribution in [0.15, 0.2) is 46.5 Å². The largest absolute Gasteiger partial charge is 0.423 e. The average molecular weight is 588 g/mol. The van der Waals surface area contributed by atoms with Gasteiger partial charge in [-0.25, -0.2) is 37.0 Å². The standard InChI is InChI=1S/C25H20F8N6O2/c1-11(37-16-9-36-38-22(40)18(16)25(31,32)33)5-14(26)10-39-4-3-12-6-15(19(27)20(28)17(12)23(39)41)21-34-7-13(8-35-21)24(2,29)30/h3-4,6-9,11,14H,5,10H2,1-2H3,(H2,37,38,40). The van der Waals surface area contributed by atoms with E-state index >= 15 is 4.39 Å². The molecule has 0 bridgehead atoms. The van der Waals surface area contributed by atoms with Crippen molar-refractivity contribution < 1.29 is 35.1 Å². The Morgan fingerprint density at radius 2 is 1.71 bits per heavy atom. The maximum Gasteiger partial charge on any atom is 0.423 e. The van der Waals surface area contributed by atoms with Gasteiger partial charge in [0.25, 0.3) is 17.0 Å². The highest BCUT2D eigenvalue weighted by molar-refractivity contribution is 5.86. The predicted molar refractivity (Wildman–Crippen MR) is 131 cm³/mol. The number of H-pyrrole nitrogens is 1. The lowest BCUT2D eigenvalue weighted by molar-refractivity contribution is -0.138. The molecule has 41 heavy (non-hydrogen) atoms. The van der Waals surface area contributed by atoms with Crippen molar-refractivity contribution in [2.75, 3.05) is 5.32 Å². The molecule has 3 aromatic heterocycles. The van der Waals surface area contributed by atoms with Crippen LogP contribution in [-0.4, -0.2) is 36.9 Å². The number of nitrogens with zero attached hydrogens (tertiary/aromatic N) is 4. The first kappa shape index (κ1) is 29.6. The molecule has 0 amide bonds. The maximum atomic E-state index is 15.0.